The van der Waals surface area contributed by atoms with Crippen molar-refractivity contribution in [1.29, 1.82) is 0 Å². The lowest BCUT2D eigenvalue weighted by Gasteiger charge is -2.28. The largest absolute Gasteiger partial charge is 0.335 e. The van der Waals surface area contributed by atoms with Gasteiger partial charge in [0.25, 0.3) is 5.91 Å². The Balaban J connectivity index is 1.79. The molecule has 0 radical (unpaired) electrons. The lowest BCUT2D eigenvalue weighted by Crippen LogP contribution is -2.58. The molecule has 25 heavy (non-hydrogen) atoms. The van der Waals surface area contributed by atoms with Crippen LogP contribution < -0.4 is 10.2 Å². The first-order chi connectivity index (χ1) is 12.1. The molecule has 7 heteroatoms. The van der Waals surface area contributed by atoms with Crippen LogP contribution in [0.15, 0.2) is 59.6 Å². The molecule has 6 nitrogen and oxygen atoms in total. The number of anilines is 1. The van der Waals surface area contributed by atoms with Crippen molar-refractivity contribution in [3.8, 4) is 0 Å². The fourth-order valence-electron chi connectivity index (χ4n) is 2.40. The first-order valence-corrected chi connectivity index (χ1v) is 7.54. The number of carbonyl (C=O) groups is 3. The molecule has 1 aliphatic rings. The van der Waals surface area contributed by atoms with Crippen LogP contribution in [0.25, 0.3) is 0 Å². The monoisotopic (exact) mass is 339 g/mol. The highest BCUT2D eigenvalue weighted by Crippen LogP contribution is 2.20. The number of urea groups is 1. The summed E-state index contributed by atoms with van der Waals surface area (Å²) >= 11 is 0. The van der Waals surface area contributed by atoms with Crippen molar-refractivity contribution < 1.29 is 18.8 Å². The number of nitrogens with one attached hydrogen (secondary N) is 1. The molecule has 0 bridgehead atoms. The van der Waals surface area contributed by atoms with E-state index in [-0.39, 0.29) is 5.69 Å². The number of carbonyl (C=O) groups excluding carboxylic acids is 3. The molecular formula is C18H14FN3O3. The van der Waals surface area contributed by atoms with Crippen LogP contribution in [0.1, 0.15) is 5.56 Å². The summed E-state index contributed by atoms with van der Waals surface area (Å²) in [6.07, 6.45) is 1.23. The lowest BCUT2D eigenvalue weighted by molar-refractivity contribution is -0.131. The van der Waals surface area contributed by atoms with E-state index in [9.17, 15) is 18.8 Å². The van der Waals surface area contributed by atoms with E-state index in [4.69, 9.17) is 0 Å². The van der Waals surface area contributed by atoms with Crippen molar-refractivity contribution in [3.63, 3.8) is 0 Å². The van der Waals surface area contributed by atoms with Gasteiger partial charge >= 0.3 is 6.03 Å². The van der Waals surface area contributed by atoms with E-state index in [0.717, 1.165) is 22.6 Å². The number of hydrogen-bond acceptors (Lipinski definition) is 4. The Morgan fingerprint density at radius 3 is 2.40 bits per heavy atom. The molecule has 1 N–H and O–H groups in total. The van der Waals surface area contributed by atoms with Gasteiger partial charge in [-0.2, -0.15) is 0 Å². The highest BCUT2D eigenvalue weighted by Gasteiger charge is 2.40. The Kier molecular flexibility index (Phi) is 4.65. The van der Waals surface area contributed by atoms with Crippen LogP contribution in [0.5, 0.6) is 0 Å². The molecule has 1 fully saturated rings. The van der Waals surface area contributed by atoms with Gasteiger partial charge in [0.2, 0.25) is 5.91 Å². The summed E-state index contributed by atoms with van der Waals surface area (Å²) in [6.45, 7) is 0.308. The summed E-state index contributed by atoms with van der Waals surface area (Å²) in [5, 5.41) is 2.11. The van der Waals surface area contributed by atoms with E-state index in [0.29, 0.717) is 6.54 Å². The second-order valence-electron chi connectivity index (χ2n) is 5.40. The summed E-state index contributed by atoms with van der Waals surface area (Å²) in [5.41, 5.74) is 1.10. The average molecular weight is 339 g/mol. The van der Waals surface area contributed by atoms with Crippen molar-refractivity contribution in [1.82, 2.24) is 5.32 Å². The summed E-state index contributed by atoms with van der Waals surface area (Å²) in [5.74, 6) is -3.17. The van der Waals surface area contributed by atoms with E-state index in [1.54, 1.807) is 0 Å². The Morgan fingerprint density at radius 1 is 1.04 bits per heavy atom. The predicted molar refractivity (Wildman–Crippen MR) is 89.6 cm³/mol. The highest BCUT2D eigenvalue weighted by atomic mass is 19.1. The topological polar surface area (TPSA) is 78.8 Å². The number of rotatable bonds is 4. The van der Waals surface area contributed by atoms with Crippen LogP contribution in [0.2, 0.25) is 0 Å². The van der Waals surface area contributed by atoms with Crippen molar-refractivity contribution in [2.45, 2.75) is 6.54 Å². The van der Waals surface area contributed by atoms with E-state index < -0.39 is 29.6 Å². The zero-order valence-corrected chi connectivity index (χ0v) is 13.1. The van der Waals surface area contributed by atoms with Crippen molar-refractivity contribution in [3.05, 3.63) is 66.0 Å². The molecule has 1 saturated heterocycles. The normalized spacial score (nSPS) is 17.9. The minimum Gasteiger partial charge on any atom is -0.291 e. The van der Waals surface area contributed by atoms with E-state index in [1.807, 2.05) is 30.3 Å². The molecule has 1 aliphatic heterocycles. The zero-order chi connectivity index (χ0) is 17.8. The van der Waals surface area contributed by atoms with Crippen molar-refractivity contribution in [2.75, 3.05) is 4.90 Å². The summed E-state index contributed by atoms with van der Waals surface area (Å²) < 4.78 is 13.0. The van der Waals surface area contributed by atoms with Crippen molar-refractivity contribution in [2.24, 2.45) is 10.9 Å². The second kappa shape index (κ2) is 7.04. The summed E-state index contributed by atoms with van der Waals surface area (Å²) in [7, 11) is 0. The predicted octanol–water partition coefficient (Wildman–Crippen LogP) is 2.30. The number of imide groups is 2. The molecule has 4 amide bonds. The molecule has 1 heterocycles. The van der Waals surface area contributed by atoms with E-state index in [1.165, 1.54) is 18.3 Å². The fourth-order valence-corrected chi connectivity index (χ4v) is 2.40. The number of halogens is 1. The van der Waals surface area contributed by atoms with Gasteiger partial charge in [-0.3, -0.25) is 19.9 Å². The van der Waals surface area contributed by atoms with Gasteiger partial charge in [-0.05, 0) is 29.8 Å². The Morgan fingerprint density at radius 2 is 1.72 bits per heavy atom. The maximum atomic E-state index is 13.0. The van der Waals surface area contributed by atoms with Crippen molar-refractivity contribution >= 4 is 29.7 Å². The smallest absolute Gasteiger partial charge is 0.291 e. The van der Waals surface area contributed by atoms with E-state index >= 15 is 0 Å². The molecule has 3 rings (SSSR count). The van der Waals surface area contributed by atoms with Crippen LogP contribution >= 0.6 is 0 Å². The molecule has 1 atom stereocenters. The Bertz CT molecular complexity index is 834. The molecule has 0 aliphatic carbocycles. The van der Waals surface area contributed by atoms with Gasteiger partial charge in [-0.15, -0.1) is 0 Å². The van der Waals surface area contributed by atoms with Crippen LogP contribution in [-0.2, 0) is 16.1 Å². The van der Waals surface area contributed by atoms with Gasteiger partial charge in [-0.25, -0.2) is 14.1 Å². The van der Waals surface area contributed by atoms with Crippen LogP contribution in [0.3, 0.4) is 0 Å². The molecule has 126 valence electrons. The van der Waals surface area contributed by atoms with Gasteiger partial charge in [0.1, 0.15) is 5.82 Å². The van der Waals surface area contributed by atoms with Gasteiger partial charge in [0.05, 0.1) is 12.2 Å². The number of nitrogens with zero attached hydrogens (tertiary/aromatic N) is 2. The van der Waals surface area contributed by atoms with Gasteiger partial charge in [0, 0.05) is 6.21 Å². The molecule has 1 unspecified atom stereocenters. The van der Waals surface area contributed by atoms with Crippen LogP contribution in [-0.4, -0.2) is 24.1 Å². The van der Waals surface area contributed by atoms with E-state index in [2.05, 4.69) is 10.3 Å². The number of hydrogen-bond donors (Lipinski definition) is 1. The van der Waals surface area contributed by atoms with Gasteiger partial charge < -0.3 is 0 Å². The first-order valence-electron chi connectivity index (χ1n) is 7.54. The number of aliphatic imine (C=N–C) groups is 1. The molecule has 2 aromatic carbocycles. The second-order valence-corrected chi connectivity index (χ2v) is 5.40. The SMILES string of the molecule is O=C1NC(=O)N(c2ccc(F)cc2)C(=O)C1C=NCc1ccccc1. The Labute approximate surface area is 143 Å². The highest BCUT2D eigenvalue weighted by molar-refractivity contribution is 6.32. The quantitative estimate of drug-likeness (QED) is 0.686. The number of barbiturate groups is 1. The lowest BCUT2D eigenvalue weighted by atomic mass is 10.1. The minimum absolute atomic E-state index is 0.179. The number of amides is 4. The maximum Gasteiger partial charge on any atom is 0.335 e. The van der Waals surface area contributed by atoms with Crippen LogP contribution in [0, 0.1) is 11.7 Å². The first kappa shape index (κ1) is 16.5. The number of benzene rings is 2. The summed E-state index contributed by atoms with van der Waals surface area (Å²) in [6, 6.07) is 13.3. The molecule has 2 aromatic rings. The van der Waals surface area contributed by atoms with Gasteiger partial charge in [-0.1, -0.05) is 30.3 Å². The minimum atomic E-state index is -1.22. The van der Waals surface area contributed by atoms with Gasteiger partial charge in [0.15, 0.2) is 5.92 Å². The molecular weight excluding hydrogens is 325 g/mol. The fraction of sp³-hybridized carbons (Fsp3) is 0.111. The maximum absolute atomic E-state index is 13.0. The Hall–Kier alpha value is -3.35. The average Bonchev–Trinajstić information content (AvgIpc) is 2.60. The third-order valence-electron chi connectivity index (χ3n) is 3.66. The molecule has 0 aromatic heterocycles. The molecule has 0 spiro atoms. The standard InChI is InChI=1S/C18H14FN3O3/c19-13-6-8-14(9-7-13)22-17(24)15(16(23)21-18(22)25)11-20-10-12-4-2-1-3-5-12/h1-9,11,15H,10H2,(H,21,23,25). The third kappa shape index (κ3) is 3.60. The third-order valence-corrected chi connectivity index (χ3v) is 3.66. The zero-order valence-electron chi connectivity index (χ0n) is 13.1. The summed E-state index contributed by atoms with van der Waals surface area (Å²) in [4.78, 5) is 41.4. The van der Waals surface area contributed by atoms with Crippen LogP contribution in [0.4, 0.5) is 14.9 Å². The molecule has 0 saturated carbocycles.